The summed E-state index contributed by atoms with van der Waals surface area (Å²) in [4.78, 5) is 4.40. The lowest BCUT2D eigenvalue weighted by molar-refractivity contribution is 0.146. The standard InChI is InChI=1S/C12H19N3O/c1-2-16-10-6-9-12(15-13)14-11-7-4-3-5-8-11/h3-5,7-8H,2,6,9-10,13H2,1H3,(H,14,15). The Labute approximate surface area is 96.5 Å². The molecule has 16 heavy (non-hydrogen) atoms. The van der Waals surface area contributed by atoms with Gasteiger partial charge in [-0.3, -0.25) is 0 Å². The second-order valence-electron chi connectivity index (χ2n) is 3.34. The molecule has 0 fully saturated rings. The van der Waals surface area contributed by atoms with Crippen LogP contribution in [0.4, 0.5) is 5.69 Å². The summed E-state index contributed by atoms with van der Waals surface area (Å²) in [5.74, 6) is 6.20. The largest absolute Gasteiger partial charge is 0.382 e. The lowest BCUT2D eigenvalue weighted by atomic mass is 10.3. The number of nitrogens with zero attached hydrogens (tertiary/aromatic N) is 1. The average molecular weight is 221 g/mol. The predicted octanol–water partition coefficient (Wildman–Crippen LogP) is 2.00. The van der Waals surface area contributed by atoms with E-state index in [0.29, 0.717) is 0 Å². The third-order valence-corrected chi connectivity index (χ3v) is 2.09. The maximum absolute atomic E-state index is 5.41. The highest BCUT2D eigenvalue weighted by Crippen LogP contribution is 2.10. The Morgan fingerprint density at radius 1 is 1.38 bits per heavy atom. The van der Waals surface area contributed by atoms with E-state index in [9.17, 15) is 0 Å². The van der Waals surface area contributed by atoms with E-state index in [4.69, 9.17) is 10.6 Å². The first-order chi connectivity index (χ1) is 7.86. The Morgan fingerprint density at radius 3 is 2.75 bits per heavy atom. The van der Waals surface area contributed by atoms with Crippen LogP contribution < -0.4 is 11.3 Å². The molecule has 0 saturated carbocycles. The highest BCUT2D eigenvalue weighted by molar-refractivity contribution is 5.84. The van der Waals surface area contributed by atoms with Gasteiger partial charge in [0, 0.05) is 19.6 Å². The van der Waals surface area contributed by atoms with E-state index in [2.05, 4.69) is 10.4 Å². The van der Waals surface area contributed by atoms with Crippen LogP contribution in [0.25, 0.3) is 0 Å². The molecule has 0 radical (unpaired) electrons. The molecule has 4 heteroatoms. The van der Waals surface area contributed by atoms with E-state index in [1.54, 1.807) is 0 Å². The van der Waals surface area contributed by atoms with Gasteiger partial charge in [0.1, 0.15) is 5.84 Å². The van der Waals surface area contributed by atoms with Crippen LogP contribution in [0.5, 0.6) is 0 Å². The van der Waals surface area contributed by atoms with Crippen molar-refractivity contribution < 1.29 is 4.74 Å². The number of amidine groups is 1. The smallest absolute Gasteiger partial charge is 0.116 e. The Balaban J connectivity index is 2.44. The SMILES string of the molecule is CCOCCCC(=Nc1ccccc1)NN. The first-order valence-corrected chi connectivity index (χ1v) is 5.53. The summed E-state index contributed by atoms with van der Waals surface area (Å²) in [7, 11) is 0. The average Bonchev–Trinajstić information content (AvgIpc) is 2.34. The number of nitrogens with one attached hydrogen (secondary N) is 1. The Morgan fingerprint density at radius 2 is 2.12 bits per heavy atom. The molecule has 0 bridgehead atoms. The molecular formula is C12H19N3O. The van der Waals surface area contributed by atoms with E-state index in [1.807, 2.05) is 37.3 Å². The van der Waals surface area contributed by atoms with Gasteiger partial charge in [-0.25, -0.2) is 10.8 Å². The minimum atomic E-state index is 0.742. The molecule has 0 aliphatic rings. The van der Waals surface area contributed by atoms with Crippen molar-refractivity contribution in [2.75, 3.05) is 13.2 Å². The Bertz CT molecular complexity index is 311. The number of hydrazine groups is 1. The van der Waals surface area contributed by atoms with Gasteiger partial charge in [0.2, 0.25) is 0 Å². The van der Waals surface area contributed by atoms with Crippen LogP contribution >= 0.6 is 0 Å². The number of rotatable bonds is 6. The van der Waals surface area contributed by atoms with Crippen LogP contribution in [0.15, 0.2) is 35.3 Å². The number of hydrogen-bond acceptors (Lipinski definition) is 3. The van der Waals surface area contributed by atoms with Crippen molar-refractivity contribution in [2.45, 2.75) is 19.8 Å². The van der Waals surface area contributed by atoms with Gasteiger partial charge in [-0.05, 0) is 25.5 Å². The lowest BCUT2D eigenvalue weighted by Gasteiger charge is -2.05. The zero-order valence-corrected chi connectivity index (χ0v) is 9.65. The fourth-order valence-electron chi connectivity index (χ4n) is 1.30. The number of aliphatic imine (C=N–C) groups is 1. The number of nitrogens with two attached hydrogens (primary N) is 1. The van der Waals surface area contributed by atoms with Gasteiger partial charge in [-0.2, -0.15) is 0 Å². The second-order valence-corrected chi connectivity index (χ2v) is 3.34. The molecule has 0 aliphatic heterocycles. The second kappa shape index (κ2) is 7.84. The van der Waals surface area contributed by atoms with E-state index < -0.39 is 0 Å². The summed E-state index contributed by atoms with van der Waals surface area (Å²) in [5, 5.41) is 0. The van der Waals surface area contributed by atoms with Crippen molar-refractivity contribution in [1.82, 2.24) is 5.43 Å². The van der Waals surface area contributed by atoms with Gasteiger partial charge < -0.3 is 10.2 Å². The minimum Gasteiger partial charge on any atom is -0.382 e. The van der Waals surface area contributed by atoms with E-state index >= 15 is 0 Å². The molecule has 0 aromatic heterocycles. The summed E-state index contributed by atoms with van der Waals surface area (Å²) >= 11 is 0. The van der Waals surface area contributed by atoms with E-state index in [1.165, 1.54) is 0 Å². The fourth-order valence-corrected chi connectivity index (χ4v) is 1.30. The van der Waals surface area contributed by atoms with Crippen LogP contribution in [0.2, 0.25) is 0 Å². The number of hydrogen-bond donors (Lipinski definition) is 2. The molecule has 0 unspecified atom stereocenters. The molecule has 0 amide bonds. The monoisotopic (exact) mass is 221 g/mol. The van der Waals surface area contributed by atoms with Crippen LogP contribution in [-0.2, 0) is 4.74 Å². The van der Waals surface area contributed by atoms with E-state index in [-0.39, 0.29) is 0 Å². The summed E-state index contributed by atoms with van der Waals surface area (Å²) < 4.78 is 5.26. The maximum atomic E-state index is 5.41. The molecule has 0 atom stereocenters. The van der Waals surface area contributed by atoms with E-state index in [0.717, 1.165) is 37.6 Å². The molecule has 4 nitrogen and oxygen atoms in total. The molecule has 0 saturated heterocycles. The topological polar surface area (TPSA) is 59.6 Å². The van der Waals surface area contributed by atoms with Crippen LogP contribution in [0.1, 0.15) is 19.8 Å². The first-order valence-electron chi connectivity index (χ1n) is 5.53. The fraction of sp³-hybridized carbons (Fsp3) is 0.417. The third-order valence-electron chi connectivity index (χ3n) is 2.09. The molecule has 1 aromatic rings. The summed E-state index contributed by atoms with van der Waals surface area (Å²) in [6.45, 7) is 3.48. The van der Waals surface area contributed by atoms with Crippen LogP contribution in [0.3, 0.4) is 0 Å². The molecular weight excluding hydrogens is 202 g/mol. The van der Waals surface area contributed by atoms with Gasteiger partial charge in [-0.1, -0.05) is 18.2 Å². The van der Waals surface area contributed by atoms with Crippen molar-refractivity contribution >= 4 is 11.5 Å². The van der Waals surface area contributed by atoms with Crippen molar-refractivity contribution in [3.05, 3.63) is 30.3 Å². The molecule has 0 heterocycles. The maximum Gasteiger partial charge on any atom is 0.116 e. The number of benzene rings is 1. The van der Waals surface area contributed by atoms with Crippen molar-refractivity contribution in [3.63, 3.8) is 0 Å². The first kappa shape index (κ1) is 12.7. The lowest BCUT2D eigenvalue weighted by Crippen LogP contribution is -2.30. The summed E-state index contributed by atoms with van der Waals surface area (Å²) in [6.07, 6.45) is 1.72. The normalized spacial score (nSPS) is 11.5. The van der Waals surface area contributed by atoms with Gasteiger partial charge in [0.25, 0.3) is 0 Å². The van der Waals surface area contributed by atoms with Gasteiger partial charge >= 0.3 is 0 Å². The molecule has 0 spiro atoms. The molecule has 88 valence electrons. The molecule has 3 N–H and O–H groups in total. The molecule has 1 rings (SSSR count). The van der Waals surface area contributed by atoms with Crippen molar-refractivity contribution in [1.29, 1.82) is 0 Å². The van der Waals surface area contributed by atoms with Gasteiger partial charge in [-0.15, -0.1) is 0 Å². The molecule has 1 aromatic carbocycles. The highest BCUT2D eigenvalue weighted by Gasteiger charge is 1.97. The Hall–Kier alpha value is -1.39. The number of para-hydroxylation sites is 1. The minimum absolute atomic E-state index is 0.742. The van der Waals surface area contributed by atoms with Crippen LogP contribution in [0, 0.1) is 0 Å². The third kappa shape index (κ3) is 4.91. The van der Waals surface area contributed by atoms with Crippen molar-refractivity contribution in [3.8, 4) is 0 Å². The quantitative estimate of drug-likeness (QED) is 0.254. The Kier molecular flexibility index (Phi) is 6.22. The zero-order chi connectivity index (χ0) is 11.6. The predicted molar refractivity (Wildman–Crippen MR) is 66.6 cm³/mol. The van der Waals surface area contributed by atoms with Gasteiger partial charge in [0.15, 0.2) is 0 Å². The van der Waals surface area contributed by atoms with Crippen LogP contribution in [-0.4, -0.2) is 19.0 Å². The molecule has 0 aliphatic carbocycles. The van der Waals surface area contributed by atoms with Crippen molar-refractivity contribution in [2.24, 2.45) is 10.8 Å². The summed E-state index contributed by atoms with van der Waals surface area (Å²) in [6, 6.07) is 9.75. The summed E-state index contributed by atoms with van der Waals surface area (Å²) in [5.41, 5.74) is 3.53. The van der Waals surface area contributed by atoms with Gasteiger partial charge in [0.05, 0.1) is 5.69 Å². The number of ether oxygens (including phenoxy) is 1. The zero-order valence-electron chi connectivity index (χ0n) is 9.65. The highest BCUT2D eigenvalue weighted by atomic mass is 16.5.